The number of nitrogens with zero attached hydrogens (tertiary/aromatic N) is 2. The maximum absolute atomic E-state index is 12.7. The van der Waals surface area contributed by atoms with Crippen LogP contribution in [-0.2, 0) is 17.6 Å². The van der Waals surface area contributed by atoms with E-state index in [0.717, 1.165) is 34.1 Å². The van der Waals surface area contributed by atoms with E-state index < -0.39 is 0 Å². The van der Waals surface area contributed by atoms with Crippen molar-refractivity contribution in [2.24, 2.45) is 0 Å². The SMILES string of the molecule is CCC1Cc2cc(CC(C)N3C(=O)c4ccccc4C3=O)cc(Br)c2N1C(C)=O. The van der Waals surface area contributed by atoms with E-state index in [2.05, 4.69) is 28.9 Å². The van der Waals surface area contributed by atoms with Gasteiger partial charge in [-0.05, 0) is 71.4 Å². The molecule has 5 nitrogen and oxygen atoms in total. The number of carbonyl (C=O) groups is 3. The van der Waals surface area contributed by atoms with E-state index in [0.29, 0.717) is 17.5 Å². The predicted octanol–water partition coefficient (Wildman–Crippen LogP) is 4.36. The number of imide groups is 1. The summed E-state index contributed by atoms with van der Waals surface area (Å²) in [4.78, 5) is 40.9. The van der Waals surface area contributed by atoms with Crippen LogP contribution in [0.15, 0.2) is 40.9 Å². The first kappa shape index (κ1) is 19.8. The molecule has 29 heavy (non-hydrogen) atoms. The number of rotatable bonds is 4. The maximum Gasteiger partial charge on any atom is 0.261 e. The molecule has 2 aromatic rings. The van der Waals surface area contributed by atoms with Gasteiger partial charge in [0.05, 0.1) is 16.8 Å². The summed E-state index contributed by atoms with van der Waals surface area (Å²) in [5.74, 6) is -0.414. The molecule has 0 spiro atoms. The fourth-order valence-corrected chi connectivity index (χ4v) is 5.31. The van der Waals surface area contributed by atoms with E-state index in [1.807, 2.05) is 17.9 Å². The molecule has 0 saturated heterocycles. The van der Waals surface area contributed by atoms with Crippen LogP contribution < -0.4 is 4.90 Å². The van der Waals surface area contributed by atoms with Crippen LogP contribution in [0.3, 0.4) is 0 Å². The van der Waals surface area contributed by atoms with Crippen molar-refractivity contribution in [2.45, 2.75) is 52.1 Å². The smallest absolute Gasteiger partial charge is 0.261 e. The van der Waals surface area contributed by atoms with Gasteiger partial charge in [0, 0.05) is 23.5 Å². The molecule has 2 aliphatic heterocycles. The zero-order valence-corrected chi connectivity index (χ0v) is 18.3. The summed E-state index contributed by atoms with van der Waals surface area (Å²) in [7, 11) is 0. The lowest BCUT2D eigenvalue weighted by atomic mass is 10.0. The average molecular weight is 455 g/mol. The monoisotopic (exact) mass is 454 g/mol. The fourth-order valence-electron chi connectivity index (χ4n) is 4.57. The van der Waals surface area contributed by atoms with Crippen molar-refractivity contribution < 1.29 is 14.4 Å². The van der Waals surface area contributed by atoms with Crippen molar-refractivity contribution >= 4 is 39.3 Å². The Labute approximate surface area is 178 Å². The van der Waals surface area contributed by atoms with Gasteiger partial charge >= 0.3 is 0 Å². The number of amides is 3. The number of halogens is 1. The largest absolute Gasteiger partial charge is 0.308 e. The van der Waals surface area contributed by atoms with Crippen LogP contribution >= 0.6 is 15.9 Å². The fraction of sp³-hybridized carbons (Fsp3) is 0.348. The second-order valence-corrected chi connectivity index (χ2v) is 8.67. The zero-order chi connectivity index (χ0) is 20.9. The summed E-state index contributed by atoms with van der Waals surface area (Å²) in [5.41, 5.74) is 4.07. The Hall–Kier alpha value is -2.47. The van der Waals surface area contributed by atoms with Gasteiger partial charge in [-0.2, -0.15) is 0 Å². The molecule has 4 rings (SSSR count). The molecule has 0 fully saturated rings. The molecule has 0 N–H and O–H groups in total. The molecule has 0 bridgehead atoms. The number of hydrogen-bond acceptors (Lipinski definition) is 3. The standard InChI is InChI=1S/C23H23BrN2O3/c1-4-17-12-16-10-15(11-20(24)21(16)26(17)14(3)27)9-13(2)25-22(28)18-7-5-6-8-19(18)23(25)29/h5-8,10-11,13,17H,4,9,12H2,1-3H3. The highest BCUT2D eigenvalue weighted by Crippen LogP contribution is 2.41. The van der Waals surface area contributed by atoms with Crippen molar-refractivity contribution in [2.75, 3.05) is 4.90 Å². The van der Waals surface area contributed by atoms with Gasteiger partial charge in [-0.3, -0.25) is 19.3 Å². The van der Waals surface area contributed by atoms with Gasteiger partial charge < -0.3 is 4.90 Å². The van der Waals surface area contributed by atoms with E-state index in [1.165, 1.54) is 4.90 Å². The highest BCUT2D eigenvalue weighted by atomic mass is 79.9. The van der Waals surface area contributed by atoms with Crippen LogP contribution in [0.4, 0.5) is 5.69 Å². The molecule has 3 amide bonds. The first-order chi connectivity index (χ1) is 13.8. The molecule has 0 saturated carbocycles. The zero-order valence-electron chi connectivity index (χ0n) is 16.7. The van der Waals surface area contributed by atoms with E-state index in [1.54, 1.807) is 31.2 Å². The van der Waals surface area contributed by atoms with Gasteiger partial charge in [-0.25, -0.2) is 0 Å². The van der Waals surface area contributed by atoms with Gasteiger partial charge in [0.2, 0.25) is 5.91 Å². The lowest BCUT2D eigenvalue weighted by Gasteiger charge is -2.25. The third-order valence-electron chi connectivity index (χ3n) is 5.87. The van der Waals surface area contributed by atoms with Crippen LogP contribution in [-0.4, -0.2) is 34.7 Å². The van der Waals surface area contributed by atoms with Crippen molar-refractivity contribution in [3.05, 3.63) is 63.1 Å². The van der Waals surface area contributed by atoms with E-state index in [9.17, 15) is 14.4 Å². The Balaban J connectivity index is 1.61. The minimum Gasteiger partial charge on any atom is -0.308 e. The molecule has 0 aromatic heterocycles. The summed E-state index contributed by atoms with van der Waals surface area (Å²) in [5, 5.41) is 0. The van der Waals surface area contributed by atoms with E-state index in [4.69, 9.17) is 0 Å². The summed E-state index contributed by atoms with van der Waals surface area (Å²) in [6.07, 6.45) is 2.27. The minimum absolute atomic E-state index is 0.0449. The number of fused-ring (bicyclic) bond motifs is 2. The number of hydrogen-bond donors (Lipinski definition) is 0. The highest BCUT2D eigenvalue weighted by Gasteiger charge is 2.38. The van der Waals surface area contributed by atoms with Gasteiger partial charge in [-0.1, -0.05) is 25.1 Å². The Morgan fingerprint density at radius 3 is 2.34 bits per heavy atom. The van der Waals surface area contributed by atoms with Gasteiger partial charge in [0.15, 0.2) is 0 Å². The molecule has 2 unspecified atom stereocenters. The molecule has 2 aliphatic rings. The van der Waals surface area contributed by atoms with Crippen LogP contribution in [0, 0.1) is 0 Å². The van der Waals surface area contributed by atoms with Crippen LogP contribution in [0.25, 0.3) is 0 Å². The average Bonchev–Trinajstić information content (AvgIpc) is 3.18. The molecule has 2 aromatic carbocycles. The first-order valence-corrected chi connectivity index (χ1v) is 10.7. The van der Waals surface area contributed by atoms with Gasteiger partial charge in [-0.15, -0.1) is 0 Å². The molecular weight excluding hydrogens is 432 g/mol. The van der Waals surface area contributed by atoms with Crippen LogP contribution in [0.1, 0.15) is 59.0 Å². The maximum atomic E-state index is 12.7. The van der Waals surface area contributed by atoms with E-state index >= 15 is 0 Å². The summed E-state index contributed by atoms with van der Waals surface area (Å²) in [6, 6.07) is 11.0. The second-order valence-electron chi connectivity index (χ2n) is 7.82. The van der Waals surface area contributed by atoms with E-state index in [-0.39, 0.29) is 29.8 Å². The number of benzene rings is 2. The molecule has 2 heterocycles. The molecule has 150 valence electrons. The second kappa shape index (κ2) is 7.41. The summed E-state index contributed by atoms with van der Waals surface area (Å²) >= 11 is 3.64. The minimum atomic E-state index is -0.264. The van der Waals surface area contributed by atoms with Gasteiger partial charge in [0.25, 0.3) is 11.8 Å². The van der Waals surface area contributed by atoms with Crippen LogP contribution in [0.5, 0.6) is 0 Å². The number of carbonyl (C=O) groups excluding carboxylic acids is 3. The molecule has 2 atom stereocenters. The van der Waals surface area contributed by atoms with Crippen LogP contribution in [0.2, 0.25) is 0 Å². The lowest BCUT2D eigenvalue weighted by molar-refractivity contribution is -0.116. The predicted molar refractivity (Wildman–Crippen MR) is 115 cm³/mol. The molecule has 0 radical (unpaired) electrons. The number of anilines is 1. The van der Waals surface area contributed by atoms with Crippen molar-refractivity contribution in [3.8, 4) is 0 Å². The summed E-state index contributed by atoms with van der Waals surface area (Å²) < 4.78 is 0.880. The Morgan fingerprint density at radius 2 is 1.79 bits per heavy atom. The normalized spacial score (nSPS) is 18.8. The third-order valence-corrected chi connectivity index (χ3v) is 6.48. The van der Waals surface area contributed by atoms with Crippen molar-refractivity contribution in [3.63, 3.8) is 0 Å². The summed E-state index contributed by atoms with van der Waals surface area (Å²) in [6.45, 7) is 5.59. The van der Waals surface area contributed by atoms with Gasteiger partial charge in [0.1, 0.15) is 0 Å². The van der Waals surface area contributed by atoms with Crippen molar-refractivity contribution in [1.82, 2.24) is 4.90 Å². The van der Waals surface area contributed by atoms with Crippen molar-refractivity contribution in [1.29, 1.82) is 0 Å². The lowest BCUT2D eigenvalue weighted by Crippen LogP contribution is -2.39. The topological polar surface area (TPSA) is 57.7 Å². The Morgan fingerprint density at radius 1 is 1.17 bits per heavy atom. The molecule has 6 heteroatoms. The Kier molecular flexibility index (Phi) is 5.07. The first-order valence-electron chi connectivity index (χ1n) is 9.91. The third kappa shape index (κ3) is 3.19. The Bertz CT molecular complexity index is 998. The quantitative estimate of drug-likeness (QED) is 0.644. The highest BCUT2D eigenvalue weighted by molar-refractivity contribution is 9.10. The molecule has 0 aliphatic carbocycles. The molecular formula is C23H23BrN2O3.